The first-order valence-electron chi connectivity index (χ1n) is 5.16. The number of ether oxygens (including phenoxy) is 1. The fourth-order valence-electron chi connectivity index (χ4n) is 0.964. The van der Waals surface area contributed by atoms with E-state index in [9.17, 15) is 22.4 Å². The molecule has 0 aromatic rings. The molecule has 4 nitrogen and oxygen atoms in total. The summed E-state index contributed by atoms with van der Waals surface area (Å²) >= 11 is 0. The van der Waals surface area contributed by atoms with Gasteiger partial charge in [0, 0.05) is 13.6 Å². The van der Waals surface area contributed by atoms with Crippen LogP contribution in [0.5, 0.6) is 0 Å². The van der Waals surface area contributed by atoms with E-state index in [-0.39, 0.29) is 26.0 Å². The van der Waals surface area contributed by atoms with E-state index < -0.39 is 24.9 Å². The van der Waals surface area contributed by atoms with Gasteiger partial charge in [0.1, 0.15) is 6.61 Å². The number of hydrogen-bond donors (Lipinski definition) is 0. The number of amides is 1. The first kappa shape index (κ1) is 16.6. The molecule has 0 saturated heterocycles. The van der Waals surface area contributed by atoms with Crippen LogP contribution in [0.4, 0.5) is 17.6 Å². The lowest BCUT2D eigenvalue weighted by molar-refractivity contribution is -0.167. The minimum Gasteiger partial charge on any atom is -0.374 e. The molecule has 0 aliphatic carbocycles. The van der Waals surface area contributed by atoms with E-state index in [1.165, 1.54) is 11.9 Å². The maximum atomic E-state index is 12.4. The van der Waals surface area contributed by atoms with E-state index in [0.29, 0.717) is 0 Å². The van der Waals surface area contributed by atoms with Crippen molar-refractivity contribution in [2.24, 2.45) is 0 Å². The molecule has 0 radical (unpaired) electrons. The summed E-state index contributed by atoms with van der Waals surface area (Å²) in [5.74, 6) is -4.60. The summed E-state index contributed by atoms with van der Waals surface area (Å²) in [5, 5.41) is 8.29. The second kappa shape index (κ2) is 7.87. The molecule has 0 spiro atoms. The van der Waals surface area contributed by atoms with Gasteiger partial charge < -0.3 is 9.64 Å². The highest BCUT2D eigenvalue weighted by Gasteiger charge is 2.40. The topological polar surface area (TPSA) is 53.3 Å². The van der Waals surface area contributed by atoms with E-state index in [4.69, 9.17) is 5.26 Å². The van der Waals surface area contributed by atoms with Crippen LogP contribution in [0.15, 0.2) is 0 Å². The summed E-state index contributed by atoms with van der Waals surface area (Å²) in [4.78, 5) is 12.6. The molecule has 1 amide bonds. The summed E-state index contributed by atoms with van der Waals surface area (Å²) in [6.45, 7) is -1.56. The zero-order chi connectivity index (χ0) is 14.2. The minimum atomic E-state index is -4.20. The Hall–Kier alpha value is -1.36. The maximum Gasteiger partial charge on any atom is 0.330 e. The highest BCUT2D eigenvalue weighted by Crippen LogP contribution is 2.22. The molecule has 104 valence electrons. The minimum absolute atomic E-state index is 0.159. The summed E-state index contributed by atoms with van der Waals surface area (Å²) in [6, 6.07) is 1.85. The van der Waals surface area contributed by atoms with E-state index in [2.05, 4.69) is 4.74 Å². The number of hydrogen-bond acceptors (Lipinski definition) is 3. The molecule has 0 heterocycles. The van der Waals surface area contributed by atoms with Crippen LogP contribution >= 0.6 is 0 Å². The van der Waals surface area contributed by atoms with Gasteiger partial charge >= 0.3 is 12.3 Å². The molecule has 0 unspecified atom stereocenters. The van der Waals surface area contributed by atoms with Crippen LogP contribution in [0.3, 0.4) is 0 Å². The average molecular weight is 270 g/mol. The molecule has 0 aliphatic rings. The monoisotopic (exact) mass is 270 g/mol. The van der Waals surface area contributed by atoms with E-state index >= 15 is 0 Å². The molecule has 0 saturated carbocycles. The predicted octanol–water partition coefficient (Wildman–Crippen LogP) is 1.67. The lowest BCUT2D eigenvalue weighted by atomic mass is 10.3. The Kier molecular flexibility index (Phi) is 7.27. The van der Waals surface area contributed by atoms with Crippen molar-refractivity contribution in [3.63, 3.8) is 0 Å². The van der Waals surface area contributed by atoms with Crippen molar-refractivity contribution in [2.75, 3.05) is 26.8 Å². The van der Waals surface area contributed by atoms with Crippen molar-refractivity contribution in [3.05, 3.63) is 0 Å². The Morgan fingerprint density at radius 2 is 2.11 bits per heavy atom. The highest BCUT2D eigenvalue weighted by atomic mass is 19.3. The van der Waals surface area contributed by atoms with Gasteiger partial charge in [-0.25, -0.2) is 8.78 Å². The molecule has 0 N–H and O–H groups in total. The molecular weight excluding hydrogens is 256 g/mol. The normalized spacial score (nSPS) is 11.4. The lowest BCUT2D eigenvalue weighted by Crippen LogP contribution is -2.33. The largest absolute Gasteiger partial charge is 0.374 e. The van der Waals surface area contributed by atoms with Crippen molar-refractivity contribution >= 4 is 5.91 Å². The van der Waals surface area contributed by atoms with Gasteiger partial charge in [0.05, 0.1) is 25.5 Å². The third-order valence-corrected chi connectivity index (χ3v) is 2.06. The maximum absolute atomic E-state index is 12.4. The molecular formula is C10H14F4N2O2. The summed E-state index contributed by atoms with van der Waals surface area (Å²) < 4.78 is 52.6. The number of nitriles is 1. The SMILES string of the molecule is CN(CCC#N)C(=O)CCOCC(F)(F)C(F)F. The third-order valence-electron chi connectivity index (χ3n) is 2.06. The summed E-state index contributed by atoms with van der Waals surface area (Å²) in [6.07, 6.45) is -3.82. The first-order chi connectivity index (χ1) is 8.31. The highest BCUT2D eigenvalue weighted by molar-refractivity contribution is 5.75. The van der Waals surface area contributed by atoms with Gasteiger partial charge in [0.15, 0.2) is 0 Å². The van der Waals surface area contributed by atoms with E-state index in [1.54, 1.807) is 0 Å². The Morgan fingerprint density at radius 3 is 2.61 bits per heavy atom. The van der Waals surface area contributed by atoms with Crippen molar-refractivity contribution in [2.45, 2.75) is 25.2 Å². The third kappa shape index (κ3) is 6.39. The van der Waals surface area contributed by atoms with E-state index in [1.807, 2.05) is 6.07 Å². The molecule has 0 atom stereocenters. The average Bonchev–Trinajstić information content (AvgIpc) is 2.31. The van der Waals surface area contributed by atoms with Crippen LogP contribution in [0, 0.1) is 11.3 Å². The van der Waals surface area contributed by atoms with Gasteiger partial charge in [0.2, 0.25) is 5.91 Å². The second-order valence-electron chi connectivity index (χ2n) is 3.59. The Labute approximate surface area is 102 Å². The van der Waals surface area contributed by atoms with Crippen LogP contribution in [0.2, 0.25) is 0 Å². The Bertz CT molecular complexity index is 305. The number of alkyl halides is 4. The Morgan fingerprint density at radius 1 is 1.50 bits per heavy atom. The lowest BCUT2D eigenvalue weighted by Gasteiger charge is -2.17. The van der Waals surface area contributed by atoms with Crippen molar-refractivity contribution in [3.8, 4) is 6.07 Å². The van der Waals surface area contributed by atoms with Crippen LogP contribution in [0.25, 0.3) is 0 Å². The molecule has 0 fully saturated rings. The summed E-state index contributed by atoms with van der Waals surface area (Å²) in [7, 11) is 1.45. The van der Waals surface area contributed by atoms with Crippen LogP contribution in [0.1, 0.15) is 12.8 Å². The van der Waals surface area contributed by atoms with Crippen LogP contribution < -0.4 is 0 Å². The van der Waals surface area contributed by atoms with Crippen LogP contribution in [-0.2, 0) is 9.53 Å². The number of nitrogens with zero attached hydrogens (tertiary/aromatic N) is 2. The quantitative estimate of drug-likeness (QED) is 0.498. The predicted molar refractivity (Wildman–Crippen MR) is 54.3 cm³/mol. The number of carbonyl (C=O) groups is 1. The molecule has 0 bridgehead atoms. The first-order valence-corrected chi connectivity index (χ1v) is 5.16. The van der Waals surface area contributed by atoms with E-state index in [0.717, 1.165) is 0 Å². The number of carbonyl (C=O) groups excluding carboxylic acids is 1. The molecule has 8 heteroatoms. The van der Waals surface area contributed by atoms with Gasteiger partial charge in [-0.05, 0) is 0 Å². The zero-order valence-corrected chi connectivity index (χ0v) is 9.84. The van der Waals surface area contributed by atoms with Gasteiger partial charge in [-0.1, -0.05) is 0 Å². The molecule has 18 heavy (non-hydrogen) atoms. The fraction of sp³-hybridized carbons (Fsp3) is 0.800. The standard InChI is InChI=1S/C10H14F4N2O2/c1-16(5-2-4-15)8(17)3-6-18-7-10(13,14)9(11)12/h9H,2-3,5-7H2,1H3. The van der Waals surface area contributed by atoms with Gasteiger partial charge in [-0.3, -0.25) is 4.79 Å². The van der Waals surface area contributed by atoms with Gasteiger partial charge in [-0.15, -0.1) is 0 Å². The van der Waals surface area contributed by atoms with Gasteiger partial charge in [0.25, 0.3) is 0 Å². The summed E-state index contributed by atoms with van der Waals surface area (Å²) in [5.41, 5.74) is 0. The molecule has 0 rings (SSSR count). The molecule has 0 aromatic carbocycles. The molecule has 0 aliphatic heterocycles. The Balaban J connectivity index is 3.79. The van der Waals surface area contributed by atoms with Gasteiger partial charge in [-0.2, -0.15) is 14.0 Å². The number of halogens is 4. The molecule has 0 aromatic heterocycles. The second-order valence-corrected chi connectivity index (χ2v) is 3.59. The van der Waals surface area contributed by atoms with Crippen molar-refractivity contribution < 1.29 is 27.1 Å². The number of rotatable bonds is 8. The fourth-order valence-corrected chi connectivity index (χ4v) is 0.964. The smallest absolute Gasteiger partial charge is 0.330 e. The zero-order valence-electron chi connectivity index (χ0n) is 9.84. The van der Waals surface area contributed by atoms with Crippen LogP contribution in [-0.4, -0.2) is 50.0 Å². The van der Waals surface area contributed by atoms with Crippen molar-refractivity contribution in [1.82, 2.24) is 4.90 Å². The van der Waals surface area contributed by atoms with Crippen molar-refractivity contribution in [1.29, 1.82) is 5.26 Å².